The molecule has 0 aliphatic rings. The van der Waals surface area contributed by atoms with Gasteiger partial charge in [-0.25, -0.2) is 0 Å². The minimum Gasteiger partial charge on any atom is -0.409 e. The summed E-state index contributed by atoms with van der Waals surface area (Å²) in [6.45, 7) is 2.86. The molecule has 1 atom stereocenters. The number of amidine groups is 1. The molecule has 0 fully saturated rings. The fraction of sp³-hybridized carbons (Fsp3) is 0.455. The average molecular weight is 222 g/mol. The van der Waals surface area contributed by atoms with Gasteiger partial charge in [0.1, 0.15) is 5.84 Å². The van der Waals surface area contributed by atoms with Crippen molar-refractivity contribution in [3.8, 4) is 0 Å². The van der Waals surface area contributed by atoms with E-state index in [1.807, 2.05) is 26.1 Å². The third kappa shape index (κ3) is 3.86. The van der Waals surface area contributed by atoms with E-state index in [-0.39, 0.29) is 11.9 Å². The zero-order chi connectivity index (χ0) is 12.0. The van der Waals surface area contributed by atoms with Crippen LogP contribution in [-0.4, -0.2) is 34.0 Å². The van der Waals surface area contributed by atoms with Gasteiger partial charge in [0.15, 0.2) is 0 Å². The standard InChI is InChI=1S/C11H18N4O/c1-9(7-11(12)14-16)15(2)8-10-3-5-13-6-4-10/h3-6,9,16H,7-8H2,1-2H3,(H2,12,14). The third-order valence-electron chi connectivity index (χ3n) is 2.57. The summed E-state index contributed by atoms with van der Waals surface area (Å²) in [6.07, 6.45) is 4.10. The summed E-state index contributed by atoms with van der Waals surface area (Å²) in [5, 5.41) is 11.5. The van der Waals surface area contributed by atoms with E-state index in [4.69, 9.17) is 10.9 Å². The van der Waals surface area contributed by atoms with Gasteiger partial charge in [0.2, 0.25) is 0 Å². The number of hydrogen-bond donors (Lipinski definition) is 2. The van der Waals surface area contributed by atoms with Crippen LogP contribution in [0.3, 0.4) is 0 Å². The monoisotopic (exact) mass is 222 g/mol. The van der Waals surface area contributed by atoms with Gasteiger partial charge in [-0.3, -0.25) is 9.88 Å². The number of pyridine rings is 1. The van der Waals surface area contributed by atoms with Crippen LogP contribution < -0.4 is 5.73 Å². The number of nitrogens with two attached hydrogens (primary N) is 1. The Morgan fingerprint density at radius 1 is 1.56 bits per heavy atom. The van der Waals surface area contributed by atoms with Crippen LogP contribution in [-0.2, 0) is 6.54 Å². The molecule has 0 amide bonds. The normalized spacial score (nSPS) is 14.1. The lowest BCUT2D eigenvalue weighted by atomic mass is 10.1. The van der Waals surface area contributed by atoms with Gasteiger partial charge in [-0.2, -0.15) is 0 Å². The van der Waals surface area contributed by atoms with Crippen LogP contribution in [0, 0.1) is 0 Å². The molecule has 88 valence electrons. The van der Waals surface area contributed by atoms with E-state index < -0.39 is 0 Å². The molecule has 5 heteroatoms. The lowest BCUT2D eigenvalue weighted by molar-refractivity contribution is 0.251. The first-order chi connectivity index (χ1) is 7.63. The maximum absolute atomic E-state index is 8.49. The Hall–Kier alpha value is -1.62. The topological polar surface area (TPSA) is 74.7 Å². The first-order valence-electron chi connectivity index (χ1n) is 5.19. The Morgan fingerprint density at radius 2 is 2.19 bits per heavy atom. The molecule has 3 N–H and O–H groups in total. The highest BCUT2D eigenvalue weighted by Gasteiger charge is 2.11. The molecule has 0 saturated heterocycles. The van der Waals surface area contributed by atoms with Crippen LogP contribution in [0.25, 0.3) is 0 Å². The molecular weight excluding hydrogens is 204 g/mol. The molecule has 1 aromatic heterocycles. The third-order valence-corrected chi connectivity index (χ3v) is 2.57. The van der Waals surface area contributed by atoms with Gasteiger partial charge < -0.3 is 10.9 Å². The molecular formula is C11H18N4O. The van der Waals surface area contributed by atoms with Crippen LogP contribution in [0.15, 0.2) is 29.7 Å². The Balaban J connectivity index is 2.49. The van der Waals surface area contributed by atoms with E-state index in [1.165, 1.54) is 5.56 Å². The molecule has 0 aliphatic heterocycles. The summed E-state index contributed by atoms with van der Waals surface area (Å²) in [5.41, 5.74) is 6.67. The van der Waals surface area contributed by atoms with Crippen molar-refractivity contribution in [3.05, 3.63) is 30.1 Å². The van der Waals surface area contributed by atoms with Crippen LogP contribution >= 0.6 is 0 Å². The molecule has 0 aliphatic carbocycles. The average Bonchev–Trinajstić information content (AvgIpc) is 2.30. The van der Waals surface area contributed by atoms with Gasteiger partial charge in [-0.1, -0.05) is 5.16 Å². The molecule has 0 radical (unpaired) electrons. The van der Waals surface area contributed by atoms with Gasteiger partial charge in [0, 0.05) is 31.4 Å². The summed E-state index contributed by atoms with van der Waals surface area (Å²) in [4.78, 5) is 6.11. The second-order valence-electron chi connectivity index (χ2n) is 3.92. The zero-order valence-electron chi connectivity index (χ0n) is 9.67. The molecule has 1 heterocycles. The van der Waals surface area contributed by atoms with E-state index in [2.05, 4.69) is 15.0 Å². The van der Waals surface area contributed by atoms with Crippen LogP contribution in [0.5, 0.6) is 0 Å². The maximum Gasteiger partial charge on any atom is 0.140 e. The SMILES string of the molecule is CC(CC(N)=NO)N(C)Cc1ccncc1. The fourth-order valence-corrected chi connectivity index (χ4v) is 1.43. The lowest BCUT2D eigenvalue weighted by Gasteiger charge is -2.24. The molecule has 5 nitrogen and oxygen atoms in total. The summed E-state index contributed by atoms with van der Waals surface area (Å²) < 4.78 is 0. The quantitative estimate of drug-likeness (QED) is 0.338. The molecule has 1 rings (SSSR count). The number of nitrogens with zero attached hydrogens (tertiary/aromatic N) is 3. The Kier molecular flexibility index (Phi) is 4.72. The Morgan fingerprint density at radius 3 is 2.75 bits per heavy atom. The van der Waals surface area contributed by atoms with Crippen LogP contribution in [0.4, 0.5) is 0 Å². The molecule has 0 aromatic carbocycles. The Labute approximate surface area is 95.6 Å². The van der Waals surface area contributed by atoms with Gasteiger partial charge >= 0.3 is 0 Å². The lowest BCUT2D eigenvalue weighted by Crippen LogP contribution is -2.32. The molecule has 0 spiro atoms. The highest BCUT2D eigenvalue weighted by molar-refractivity contribution is 5.80. The predicted molar refractivity (Wildman–Crippen MR) is 63.2 cm³/mol. The predicted octanol–water partition coefficient (Wildman–Crippen LogP) is 1.04. The number of aromatic nitrogens is 1. The van der Waals surface area contributed by atoms with Crippen molar-refractivity contribution in [2.75, 3.05) is 7.05 Å². The smallest absolute Gasteiger partial charge is 0.140 e. The number of hydrogen-bond acceptors (Lipinski definition) is 4. The van der Waals surface area contributed by atoms with E-state index in [1.54, 1.807) is 12.4 Å². The van der Waals surface area contributed by atoms with Crippen molar-refractivity contribution in [1.29, 1.82) is 0 Å². The molecule has 0 saturated carbocycles. The van der Waals surface area contributed by atoms with E-state index in [0.717, 1.165) is 6.54 Å². The Bertz CT molecular complexity index is 339. The summed E-state index contributed by atoms with van der Waals surface area (Å²) in [5.74, 6) is 0.258. The molecule has 1 aromatic rings. The van der Waals surface area contributed by atoms with Gasteiger partial charge in [0.25, 0.3) is 0 Å². The van der Waals surface area contributed by atoms with Gasteiger partial charge in [0.05, 0.1) is 0 Å². The first kappa shape index (κ1) is 12.4. The van der Waals surface area contributed by atoms with Crippen molar-refractivity contribution < 1.29 is 5.21 Å². The van der Waals surface area contributed by atoms with Crippen LogP contribution in [0.1, 0.15) is 18.9 Å². The van der Waals surface area contributed by atoms with Crippen molar-refractivity contribution in [3.63, 3.8) is 0 Å². The van der Waals surface area contributed by atoms with Crippen LogP contribution in [0.2, 0.25) is 0 Å². The maximum atomic E-state index is 8.49. The van der Waals surface area contributed by atoms with Crippen molar-refractivity contribution in [2.24, 2.45) is 10.9 Å². The first-order valence-corrected chi connectivity index (χ1v) is 5.19. The zero-order valence-corrected chi connectivity index (χ0v) is 9.67. The van der Waals surface area contributed by atoms with Crippen molar-refractivity contribution >= 4 is 5.84 Å². The minimum absolute atomic E-state index is 0.226. The minimum atomic E-state index is 0.226. The highest BCUT2D eigenvalue weighted by Crippen LogP contribution is 2.07. The molecule has 1 unspecified atom stereocenters. The van der Waals surface area contributed by atoms with Crippen molar-refractivity contribution in [2.45, 2.75) is 25.9 Å². The molecule has 0 bridgehead atoms. The van der Waals surface area contributed by atoms with Gasteiger partial charge in [-0.15, -0.1) is 0 Å². The van der Waals surface area contributed by atoms with Gasteiger partial charge in [-0.05, 0) is 31.7 Å². The van der Waals surface area contributed by atoms with E-state index in [0.29, 0.717) is 6.42 Å². The molecule has 16 heavy (non-hydrogen) atoms. The summed E-state index contributed by atoms with van der Waals surface area (Å²) >= 11 is 0. The highest BCUT2D eigenvalue weighted by atomic mass is 16.4. The van der Waals surface area contributed by atoms with E-state index in [9.17, 15) is 0 Å². The second kappa shape index (κ2) is 6.07. The summed E-state index contributed by atoms with van der Waals surface area (Å²) in [7, 11) is 2.01. The largest absolute Gasteiger partial charge is 0.409 e. The fourth-order valence-electron chi connectivity index (χ4n) is 1.43. The van der Waals surface area contributed by atoms with E-state index >= 15 is 0 Å². The summed E-state index contributed by atoms with van der Waals surface area (Å²) in [6, 6.07) is 4.18. The second-order valence-corrected chi connectivity index (χ2v) is 3.92. The number of oxime groups is 1. The number of rotatable bonds is 5. The van der Waals surface area contributed by atoms with Crippen molar-refractivity contribution in [1.82, 2.24) is 9.88 Å².